The van der Waals surface area contributed by atoms with Crippen LogP contribution in [0.2, 0.25) is 0 Å². The molecule has 0 saturated carbocycles. The fourth-order valence-electron chi connectivity index (χ4n) is 3.77. The molecule has 0 spiro atoms. The first kappa shape index (κ1) is 21.2. The zero-order valence-electron chi connectivity index (χ0n) is 18.4. The van der Waals surface area contributed by atoms with Gasteiger partial charge in [0, 0.05) is 11.3 Å². The summed E-state index contributed by atoms with van der Waals surface area (Å²) in [4.78, 5) is 17.9. The second-order valence-corrected chi connectivity index (χ2v) is 7.09. The highest BCUT2D eigenvalue weighted by Crippen LogP contribution is 2.41. The molecule has 9 heteroatoms. The number of benzene rings is 2. The minimum absolute atomic E-state index is 0.293. The van der Waals surface area contributed by atoms with Gasteiger partial charge in [0.15, 0.2) is 0 Å². The summed E-state index contributed by atoms with van der Waals surface area (Å²) in [7, 11) is 3.18. The summed E-state index contributed by atoms with van der Waals surface area (Å²) >= 11 is 0. The maximum Gasteiger partial charge on any atom is 0.255 e. The summed E-state index contributed by atoms with van der Waals surface area (Å²) in [6.07, 6.45) is 1.44. The van der Waals surface area contributed by atoms with Crippen LogP contribution in [-0.2, 0) is 4.79 Å². The number of hydrogen-bond acceptors (Lipinski definition) is 7. The minimum Gasteiger partial charge on any atom is -0.497 e. The molecular formula is C23H25N5O4. The normalized spacial score (nSPS) is 14.9. The minimum atomic E-state index is -0.585. The number of allylic oxidation sites excluding steroid dienone is 1. The van der Waals surface area contributed by atoms with Crippen molar-refractivity contribution in [3.8, 4) is 17.2 Å². The summed E-state index contributed by atoms with van der Waals surface area (Å²) in [5, 5.41) is 10.5. The van der Waals surface area contributed by atoms with E-state index in [-0.39, 0.29) is 5.91 Å². The van der Waals surface area contributed by atoms with Gasteiger partial charge in [0.1, 0.15) is 29.6 Å². The van der Waals surface area contributed by atoms with Crippen LogP contribution in [0, 0.1) is 0 Å². The van der Waals surface area contributed by atoms with E-state index in [2.05, 4.69) is 20.7 Å². The second-order valence-electron chi connectivity index (χ2n) is 7.09. The van der Waals surface area contributed by atoms with E-state index in [1.807, 2.05) is 44.2 Å². The van der Waals surface area contributed by atoms with Crippen molar-refractivity contribution in [1.29, 1.82) is 0 Å². The third kappa shape index (κ3) is 3.84. The SMILES string of the molecule is CCOc1ccccc1NC(=O)C1=C(C)Nc2ncnn2C1c1cc(OC)ccc1OC. The molecular weight excluding hydrogens is 410 g/mol. The topological polar surface area (TPSA) is 99.5 Å². The number of nitrogens with one attached hydrogen (secondary N) is 2. The molecule has 1 aliphatic rings. The summed E-state index contributed by atoms with van der Waals surface area (Å²) in [6, 6.07) is 12.2. The Bertz CT molecular complexity index is 1170. The maximum absolute atomic E-state index is 13.6. The Balaban J connectivity index is 1.81. The first-order chi connectivity index (χ1) is 15.6. The van der Waals surface area contributed by atoms with Gasteiger partial charge in [-0.3, -0.25) is 4.79 Å². The van der Waals surface area contributed by atoms with Gasteiger partial charge in [-0.05, 0) is 44.2 Å². The summed E-state index contributed by atoms with van der Waals surface area (Å²) in [6.45, 7) is 4.22. The Labute approximate surface area is 186 Å². The standard InChI is InChI=1S/C23H25N5O4/c1-5-32-19-9-7-6-8-17(19)27-22(29)20-14(2)26-23-24-13-25-28(23)21(20)16-12-15(30-3)10-11-18(16)31-4/h6-13,21H,5H2,1-4H3,(H,27,29)(H,24,25,26). The second kappa shape index (κ2) is 9.01. The number of carbonyl (C=O) groups is 1. The molecule has 1 unspecified atom stereocenters. The van der Waals surface area contributed by atoms with Crippen molar-refractivity contribution < 1.29 is 19.0 Å². The van der Waals surface area contributed by atoms with Crippen LogP contribution in [0.25, 0.3) is 0 Å². The first-order valence-corrected chi connectivity index (χ1v) is 10.2. The largest absolute Gasteiger partial charge is 0.497 e. The zero-order valence-corrected chi connectivity index (χ0v) is 18.4. The predicted molar refractivity (Wildman–Crippen MR) is 120 cm³/mol. The molecule has 9 nitrogen and oxygen atoms in total. The lowest BCUT2D eigenvalue weighted by Crippen LogP contribution is -2.31. The van der Waals surface area contributed by atoms with Crippen molar-refractivity contribution in [2.24, 2.45) is 0 Å². The van der Waals surface area contributed by atoms with Crippen molar-refractivity contribution in [1.82, 2.24) is 14.8 Å². The van der Waals surface area contributed by atoms with Crippen LogP contribution in [0.1, 0.15) is 25.5 Å². The number of carbonyl (C=O) groups excluding carboxylic acids is 1. The molecule has 3 aromatic rings. The smallest absolute Gasteiger partial charge is 0.255 e. The van der Waals surface area contributed by atoms with Gasteiger partial charge in [0.2, 0.25) is 5.95 Å². The molecule has 0 aliphatic carbocycles. The summed E-state index contributed by atoms with van der Waals surface area (Å²) in [5.74, 6) is 2.08. The van der Waals surface area contributed by atoms with Gasteiger partial charge in [-0.25, -0.2) is 4.68 Å². The van der Waals surface area contributed by atoms with Crippen LogP contribution in [0.3, 0.4) is 0 Å². The molecule has 1 aliphatic heterocycles. The molecule has 2 heterocycles. The van der Waals surface area contributed by atoms with Gasteiger partial charge in [0.05, 0.1) is 32.1 Å². The van der Waals surface area contributed by atoms with Crippen molar-refractivity contribution in [3.63, 3.8) is 0 Å². The lowest BCUT2D eigenvalue weighted by atomic mass is 9.94. The van der Waals surface area contributed by atoms with Crippen LogP contribution in [-0.4, -0.2) is 41.5 Å². The Morgan fingerprint density at radius 3 is 2.72 bits per heavy atom. The number of amides is 1. The highest BCUT2D eigenvalue weighted by molar-refractivity contribution is 6.06. The van der Waals surface area contributed by atoms with Gasteiger partial charge >= 0.3 is 0 Å². The number of rotatable bonds is 7. The van der Waals surface area contributed by atoms with Crippen LogP contribution < -0.4 is 24.8 Å². The molecule has 4 rings (SSSR count). The quantitative estimate of drug-likeness (QED) is 0.585. The number of hydrogen-bond donors (Lipinski definition) is 2. The van der Waals surface area contributed by atoms with E-state index in [9.17, 15) is 4.79 Å². The van der Waals surface area contributed by atoms with E-state index in [0.717, 1.165) is 5.56 Å². The molecule has 0 bridgehead atoms. The van der Waals surface area contributed by atoms with Gasteiger partial charge in [-0.2, -0.15) is 10.1 Å². The maximum atomic E-state index is 13.6. The van der Waals surface area contributed by atoms with Crippen LogP contribution in [0.15, 0.2) is 60.1 Å². The molecule has 2 aromatic carbocycles. The monoisotopic (exact) mass is 435 g/mol. The lowest BCUT2D eigenvalue weighted by Gasteiger charge is -2.30. The number of aromatic nitrogens is 3. The molecule has 1 aromatic heterocycles. The number of fused-ring (bicyclic) bond motifs is 1. The molecule has 0 fully saturated rings. The van der Waals surface area contributed by atoms with Crippen LogP contribution in [0.4, 0.5) is 11.6 Å². The summed E-state index contributed by atoms with van der Waals surface area (Å²) in [5.41, 5.74) is 2.44. The molecule has 166 valence electrons. The highest BCUT2D eigenvalue weighted by Gasteiger charge is 2.35. The van der Waals surface area contributed by atoms with Gasteiger partial charge in [-0.15, -0.1) is 0 Å². The molecule has 1 atom stereocenters. The third-order valence-electron chi connectivity index (χ3n) is 5.21. The molecule has 0 saturated heterocycles. The molecule has 2 N–H and O–H groups in total. The van der Waals surface area contributed by atoms with Crippen LogP contribution >= 0.6 is 0 Å². The fraction of sp³-hybridized carbons (Fsp3) is 0.261. The van der Waals surface area contributed by atoms with Crippen molar-refractivity contribution in [2.45, 2.75) is 19.9 Å². The van der Waals surface area contributed by atoms with Crippen molar-refractivity contribution in [3.05, 3.63) is 65.6 Å². The molecule has 0 radical (unpaired) electrons. The van der Waals surface area contributed by atoms with Gasteiger partial charge < -0.3 is 24.8 Å². The zero-order chi connectivity index (χ0) is 22.7. The van der Waals surface area contributed by atoms with E-state index in [4.69, 9.17) is 14.2 Å². The Kier molecular flexibility index (Phi) is 5.98. The van der Waals surface area contributed by atoms with E-state index >= 15 is 0 Å². The van der Waals surface area contributed by atoms with Gasteiger partial charge in [0.25, 0.3) is 5.91 Å². The number of anilines is 2. The number of nitrogens with zero attached hydrogens (tertiary/aromatic N) is 3. The lowest BCUT2D eigenvalue weighted by molar-refractivity contribution is -0.113. The third-order valence-corrected chi connectivity index (χ3v) is 5.21. The fourth-order valence-corrected chi connectivity index (χ4v) is 3.77. The van der Waals surface area contributed by atoms with Crippen molar-refractivity contribution >= 4 is 17.5 Å². The van der Waals surface area contributed by atoms with Gasteiger partial charge in [-0.1, -0.05) is 12.1 Å². The Morgan fingerprint density at radius 1 is 1.16 bits per heavy atom. The van der Waals surface area contributed by atoms with E-state index in [1.54, 1.807) is 31.0 Å². The number of ether oxygens (including phenoxy) is 3. The predicted octanol–water partition coefficient (Wildman–Crippen LogP) is 3.62. The molecule has 32 heavy (non-hydrogen) atoms. The van der Waals surface area contributed by atoms with Crippen molar-refractivity contribution in [2.75, 3.05) is 31.5 Å². The highest BCUT2D eigenvalue weighted by atomic mass is 16.5. The summed E-state index contributed by atoms with van der Waals surface area (Å²) < 4.78 is 18.4. The first-order valence-electron chi connectivity index (χ1n) is 10.2. The van der Waals surface area contributed by atoms with E-state index in [0.29, 0.717) is 46.8 Å². The number of para-hydroxylation sites is 2. The Hall–Kier alpha value is -4.01. The average Bonchev–Trinajstić information content (AvgIpc) is 3.27. The molecule has 1 amide bonds. The Morgan fingerprint density at radius 2 is 1.97 bits per heavy atom. The number of methoxy groups -OCH3 is 2. The van der Waals surface area contributed by atoms with E-state index < -0.39 is 6.04 Å². The van der Waals surface area contributed by atoms with E-state index in [1.165, 1.54) is 6.33 Å². The van der Waals surface area contributed by atoms with Crippen LogP contribution in [0.5, 0.6) is 17.2 Å². The average molecular weight is 435 g/mol.